The third kappa shape index (κ3) is 94.1. The Morgan fingerprint density at radius 3 is 0.978 bits per heavy atom. The molecule has 0 aromatic carbocycles. The Bertz CT molecular complexity index is 2620. The lowest BCUT2D eigenvalue weighted by Gasteiger charge is -2.24. The number of hydrogen-bond donors (Lipinski definition) is 4. The number of aliphatic hydroxyl groups excluding tert-OH is 4. The van der Waals surface area contributed by atoms with E-state index < -0.39 is 29.3 Å². The van der Waals surface area contributed by atoms with Gasteiger partial charge in [-0.1, -0.05) is 325 Å². The van der Waals surface area contributed by atoms with Gasteiger partial charge < -0.3 is 58.3 Å². The highest BCUT2D eigenvalue weighted by Gasteiger charge is 2.40. The van der Waals surface area contributed by atoms with Crippen molar-refractivity contribution in [1.82, 2.24) is 0 Å². The topological polar surface area (TPSA) is 352 Å². The van der Waals surface area contributed by atoms with E-state index in [4.69, 9.17) is 59.6 Å². The van der Waals surface area contributed by atoms with Crippen LogP contribution in [0.3, 0.4) is 0 Å². The first-order valence-corrected chi connectivity index (χ1v) is 55.1. The Morgan fingerprint density at radius 1 is 0.345 bits per heavy atom. The van der Waals surface area contributed by atoms with Crippen LogP contribution >= 0.6 is 0 Å². The third-order valence-electron chi connectivity index (χ3n) is 22.5. The number of allylic oxidation sites excluding steroid dienone is 1. The summed E-state index contributed by atoms with van der Waals surface area (Å²) in [7, 11) is 0. The number of hydrogen-bond acceptors (Lipinski definition) is 18. The second-order valence-electron chi connectivity index (χ2n) is 33.2. The third-order valence-corrected chi connectivity index (χ3v) is 22.5. The van der Waals surface area contributed by atoms with E-state index in [0.717, 1.165) is 179 Å². The molecule has 813 valence electrons. The van der Waals surface area contributed by atoms with Crippen LogP contribution in [0.25, 0.3) is 31.3 Å². The molecule has 11 rings (SSSR count). The summed E-state index contributed by atoms with van der Waals surface area (Å²) in [6.07, 6.45) is 45.5. The Labute approximate surface area is 874 Å². The number of ketones is 3. The summed E-state index contributed by atoms with van der Waals surface area (Å²) >= 11 is 0. The summed E-state index contributed by atoms with van der Waals surface area (Å²) in [5.41, 5.74) is 26.6. The van der Waals surface area contributed by atoms with E-state index in [-0.39, 0.29) is 132 Å². The lowest BCUT2D eigenvalue weighted by Crippen LogP contribution is -2.27. The van der Waals surface area contributed by atoms with E-state index in [0.29, 0.717) is 74.4 Å². The van der Waals surface area contributed by atoms with Gasteiger partial charge in [0.05, 0.1) is 69.7 Å². The van der Waals surface area contributed by atoms with Crippen molar-refractivity contribution >= 4 is 76.2 Å². The molecule has 7 saturated carbocycles. The SMILES string of the molecule is CC.CC.CC.CC.CC.CC.CC.CC.CC.CC.CC.CC.CC.CC.CC1(C)OC[C@@H](/C=C2\CCCCCC2=O)O1.CC1(C)OC[C@@H](C[C@@H]2CCCCCC2=O)O1.CC1(C)OC[C@@H](C[C@@H]2CCCCC[C@@H]2N=[N+]=[N-])O1.CC1(C)OC[C@@H](C[C@@H]2CCCCC[C@@H]2O)O1.CC[C@H](O)C[C@@H]1CCCCC[C@@H]1N=[N+]=[N-].O=C1CCCCCC1.[B].[B].[B].[B].[B].[B].[B].[N-]=[N+]=N[C@H]1CCCCC[C@H]1C[C@@H](O)CO. The van der Waals surface area contributed by atoms with Crippen LogP contribution in [-0.4, -0.2) is 214 Å². The summed E-state index contributed by atoms with van der Waals surface area (Å²) in [6.45, 7) is 75.8. The minimum Gasteiger partial charge on any atom is -0.394 e. The van der Waals surface area contributed by atoms with Gasteiger partial charge in [0.25, 0.3) is 0 Å². The van der Waals surface area contributed by atoms with Gasteiger partial charge in [-0.3, -0.25) is 14.4 Å². The van der Waals surface area contributed by atoms with Gasteiger partial charge in [-0.25, -0.2) is 0 Å². The molecule has 31 heteroatoms. The lowest BCUT2D eigenvalue weighted by atomic mass is 9.89. The average molecular weight is 1970 g/mol. The number of azide groups is 3. The molecular formula is C108H225B7N9O15. The van der Waals surface area contributed by atoms with Gasteiger partial charge in [-0.2, -0.15) is 0 Å². The van der Waals surface area contributed by atoms with Gasteiger partial charge in [-0.05, 0) is 242 Å². The van der Waals surface area contributed by atoms with Crippen LogP contribution in [0.4, 0.5) is 0 Å². The molecule has 24 nitrogen and oxygen atoms in total. The fourth-order valence-electron chi connectivity index (χ4n) is 16.7. The zero-order valence-electron chi connectivity index (χ0n) is 97.8. The predicted molar refractivity (Wildman–Crippen MR) is 603 cm³/mol. The fraction of sp³-hybridized carbons (Fsp3) is 0.954. The van der Waals surface area contributed by atoms with Crippen molar-refractivity contribution in [3.05, 3.63) is 43.0 Å². The minimum atomic E-state index is -0.676. The molecule has 11 aliphatic rings. The van der Waals surface area contributed by atoms with Crippen molar-refractivity contribution < 1.29 is 72.7 Å². The van der Waals surface area contributed by atoms with Crippen molar-refractivity contribution in [2.24, 2.45) is 44.9 Å². The average Bonchev–Trinajstić information content (AvgIpc) is 1.73. The van der Waals surface area contributed by atoms with Crippen LogP contribution in [0, 0.1) is 29.6 Å². The number of aliphatic hydroxyl groups is 4. The maximum absolute atomic E-state index is 11.9. The van der Waals surface area contributed by atoms with Crippen LogP contribution in [-0.2, 0) is 52.3 Å². The molecular weight excluding hydrogens is 1740 g/mol. The number of carbonyl (C=O) groups is 3. The number of carbonyl (C=O) groups excluding carboxylic acids is 3. The first kappa shape index (κ1) is 175. The van der Waals surface area contributed by atoms with E-state index in [1.807, 2.05) is 262 Å². The molecule has 0 bridgehead atoms. The maximum atomic E-state index is 11.9. The van der Waals surface area contributed by atoms with E-state index in [1.165, 1.54) is 83.5 Å². The van der Waals surface area contributed by atoms with Crippen molar-refractivity contribution in [2.75, 3.05) is 33.0 Å². The predicted octanol–water partition coefficient (Wildman–Crippen LogP) is 30.5. The largest absolute Gasteiger partial charge is 0.394 e. The van der Waals surface area contributed by atoms with Crippen molar-refractivity contribution in [3.63, 3.8) is 0 Å². The zero-order valence-corrected chi connectivity index (χ0v) is 97.8. The Hall–Kier alpha value is -3.35. The van der Waals surface area contributed by atoms with E-state index >= 15 is 0 Å². The molecule has 4 heterocycles. The summed E-state index contributed by atoms with van der Waals surface area (Å²) in [4.78, 5) is 43.1. The molecule has 0 aromatic heterocycles. The summed E-state index contributed by atoms with van der Waals surface area (Å²) in [5, 5.41) is 49.6. The van der Waals surface area contributed by atoms with Crippen LogP contribution in [0.1, 0.15) is 526 Å². The molecule has 4 aliphatic heterocycles. The summed E-state index contributed by atoms with van der Waals surface area (Å²) in [6, 6.07) is 0.252. The van der Waals surface area contributed by atoms with Gasteiger partial charge >= 0.3 is 0 Å². The summed E-state index contributed by atoms with van der Waals surface area (Å²) < 4.78 is 45.3. The Balaban J connectivity index is -0.0000000795. The molecule has 0 amide bonds. The fourth-order valence-corrected chi connectivity index (χ4v) is 16.7. The van der Waals surface area contributed by atoms with Crippen LogP contribution in [0.5, 0.6) is 0 Å². The molecule has 0 unspecified atom stereocenters. The van der Waals surface area contributed by atoms with Crippen molar-refractivity contribution in [2.45, 2.75) is 610 Å². The van der Waals surface area contributed by atoms with Gasteiger partial charge in [-0.15, -0.1) is 0 Å². The van der Waals surface area contributed by atoms with E-state index in [9.17, 15) is 29.7 Å². The Morgan fingerprint density at radius 2 is 0.626 bits per heavy atom. The Kier molecular flexibility index (Phi) is 155. The number of nitrogens with zero attached hydrogens (tertiary/aromatic N) is 9. The minimum absolute atomic E-state index is 0. The van der Waals surface area contributed by atoms with Gasteiger partial charge in [0, 0.05) is 123 Å². The standard InChI is InChI=1S/C13H23N3O2.C13H24O3.C13H22O3.C13H20O3.C11H21N3O.C10H19N3O2.C7H12O.14C2H6.7B/c1-13(2)17-9-11(18-13)8-10-6-4-3-5-7-12(10)15-16-14;3*1-13(2)15-9-11(16-13)8-10-6-4-3-5-7-12(10)14;1-2-10(15)8-9-6-4-3-5-7-11(9)13-14-12;11-13-12-10-5-3-1-2-4-8(10)6-9(15)7-14;8-7-5-3-1-2-4-6-7;14*1-2;;;;;;;/h10-12H,3-9H2,1-2H3;10-12,14H,3-9H2,1-2H3;10-11H,3-9H2,1-2H3;8,11H,3-7,9H2,1-2H3;9-11,15H,2-8H2,1H3;8-10,14-15H,1-7H2;1-6H2;14*1-2H3;;;;;;;/b;;;10-8+;;;;;;;;;;;;;;;;;;;;;;;;/t2*10-,11+,12-;10-,11+;11-;9-,10-,11-;8-,9+,10-;;;;;;;;;;;;;;;;;;;;;;/m000100....................../s1. The molecule has 21 radical (unpaired) electrons. The van der Waals surface area contributed by atoms with Crippen LogP contribution in [0.15, 0.2) is 27.0 Å². The second kappa shape index (κ2) is 123. The highest BCUT2D eigenvalue weighted by atomic mass is 16.8. The molecule has 7 aliphatic carbocycles. The van der Waals surface area contributed by atoms with Crippen molar-refractivity contribution in [1.29, 1.82) is 0 Å². The smallest absolute Gasteiger partial charge is 0.163 e. The van der Waals surface area contributed by atoms with Crippen molar-refractivity contribution in [3.8, 4) is 0 Å². The normalized spacial score (nSPS) is 25.2. The quantitative estimate of drug-likeness (QED) is 0.0279. The molecule has 4 saturated heterocycles. The highest BCUT2D eigenvalue weighted by Crippen LogP contribution is 2.38. The maximum Gasteiger partial charge on any atom is 0.163 e. The van der Waals surface area contributed by atoms with Crippen LogP contribution in [0.2, 0.25) is 0 Å². The van der Waals surface area contributed by atoms with Crippen LogP contribution < -0.4 is 0 Å². The highest BCUT2D eigenvalue weighted by molar-refractivity contribution is 5.95. The summed E-state index contributed by atoms with van der Waals surface area (Å²) in [5.74, 6) is 1.04. The molecule has 4 N–H and O–H groups in total. The van der Waals surface area contributed by atoms with Gasteiger partial charge in [0.2, 0.25) is 0 Å². The first-order chi connectivity index (χ1) is 63.7. The second-order valence-corrected chi connectivity index (χ2v) is 33.2. The molecule has 0 spiro atoms. The number of Topliss-reactive ketones (excluding diaryl/α,β-unsaturated/α-hetero) is 3. The zero-order chi connectivity index (χ0) is 104. The van der Waals surface area contributed by atoms with E-state index in [1.54, 1.807) is 0 Å². The molecule has 15 atom stereocenters. The van der Waals surface area contributed by atoms with Gasteiger partial charge in [0.15, 0.2) is 28.9 Å². The number of rotatable bonds is 16. The molecule has 139 heavy (non-hydrogen) atoms. The first-order valence-electron chi connectivity index (χ1n) is 55.1. The monoisotopic (exact) mass is 1970 g/mol. The lowest BCUT2D eigenvalue weighted by molar-refractivity contribution is -0.142. The van der Waals surface area contributed by atoms with E-state index in [2.05, 4.69) is 30.1 Å². The number of ether oxygens (including phenoxy) is 8. The molecule has 11 fully saturated rings. The van der Waals surface area contributed by atoms with Gasteiger partial charge in [0.1, 0.15) is 17.7 Å². The molecule has 0 aromatic rings.